The van der Waals surface area contributed by atoms with Gasteiger partial charge in [0.25, 0.3) is 0 Å². The van der Waals surface area contributed by atoms with Crippen LogP contribution in [0.4, 0.5) is 19.0 Å². The molecule has 1 amide bonds. The topological polar surface area (TPSA) is 59.8 Å². The van der Waals surface area contributed by atoms with E-state index < -0.39 is 11.7 Å². The second kappa shape index (κ2) is 8.35. The number of nitrogens with one attached hydrogen (secondary N) is 1. The van der Waals surface area contributed by atoms with Gasteiger partial charge in [-0.15, -0.1) is 16.4 Å². The van der Waals surface area contributed by atoms with Crippen molar-refractivity contribution < 1.29 is 18.0 Å². The Morgan fingerprint density at radius 1 is 1.13 bits per heavy atom. The molecule has 0 saturated heterocycles. The number of carbonyl (C=O) groups excluding carboxylic acids is 1. The van der Waals surface area contributed by atoms with E-state index in [9.17, 15) is 18.0 Å². The minimum Gasteiger partial charge on any atom is -0.309 e. The number of para-hydroxylation sites is 1. The van der Waals surface area contributed by atoms with Gasteiger partial charge in [0.05, 0.1) is 23.4 Å². The minimum absolute atomic E-state index is 0.00685. The van der Waals surface area contributed by atoms with Gasteiger partial charge in [-0.25, -0.2) is 9.67 Å². The van der Waals surface area contributed by atoms with E-state index >= 15 is 0 Å². The zero-order valence-corrected chi connectivity index (χ0v) is 17.2. The first-order chi connectivity index (χ1) is 14.8. The van der Waals surface area contributed by atoms with Gasteiger partial charge in [0.15, 0.2) is 5.82 Å². The summed E-state index contributed by atoms with van der Waals surface area (Å²) in [6.45, 7) is 1.84. The van der Waals surface area contributed by atoms with Gasteiger partial charge in [-0.3, -0.25) is 4.79 Å². The van der Waals surface area contributed by atoms with Gasteiger partial charge < -0.3 is 5.32 Å². The summed E-state index contributed by atoms with van der Waals surface area (Å²) < 4.78 is 40.5. The molecular weight excluding hydrogens is 425 g/mol. The van der Waals surface area contributed by atoms with Crippen LogP contribution in [0.3, 0.4) is 0 Å². The maximum Gasteiger partial charge on any atom is 0.416 e. The first kappa shape index (κ1) is 20.8. The number of carbonyl (C=O) groups is 1. The highest BCUT2D eigenvalue weighted by Gasteiger charge is 2.30. The SMILES string of the molecule is Cc1cn(-c2ccccc2)nc1NC(=O)Cc1csc(-c2cccc(C(F)(F)F)c2)n1. The van der Waals surface area contributed by atoms with E-state index in [1.54, 1.807) is 16.1 Å². The number of rotatable bonds is 5. The molecule has 0 atom stereocenters. The number of nitrogens with zero attached hydrogens (tertiary/aromatic N) is 3. The highest BCUT2D eigenvalue weighted by molar-refractivity contribution is 7.13. The van der Waals surface area contributed by atoms with Crippen molar-refractivity contribution in [2.75, 3.05) is 5.32 Å². The van der Waals surface area contributed by atoms with Crippen LogP contribution in [0.15, 0.2) is 66.2 Å². The summed E-state index contributed by atoms with van der Waals surface area (Å²) >= 11 is 1.20. The van der Waals surface area contributed by atoms with Crippen molar-refractivity contribution in [3.63, 3.8) is 0 Å². The lowest BCUT2D eigenvalue weighted by Gasteiger charge is -2.07. The number of aryl methyl sites for hydroxylation is 1. The normalized spacial score (nSPS) is 11.5. The molecule has 158 valence electrons. The summed E-state index contributed by atoms with van der Waals surface area (Å²) in [5.41, 5.74) is 1.79. The van der Waals surface area contributed by atoms with E-state index in [1.807, 2.05) is 43.5 Å². The Labute approximate surface area is 180 Å². The molecule has 0 bridgehead atoms. The van der Waals surface area contributed by atoms with Crippen LogP contribution in [0.25, 0.3) is 16.3 Å². The third-order valence-electron chi connectivity index (χ3n) is 4.51. The van der Waals surface area contributed by atoms with Gasteiger partial charge in [0.1, 0.15) is 5.01 Å². The van der Waals surface area contributed by atoms with Crippen molar-refractivity contribution in [3.05, 3.63) is 83.0 Å². The van der Waals surface area contributed by atoms with Gasteiger partial charge in [-0.2, -0.15) is 13.2 Å². The smallest absolute Gasteiger partial charge is 0.309 e. The molecule has 2 aromatic heterocycles. The zero-order chi connectivity index (χ0) is 22.0. The molecule has 0 radical (unpaired) electrons. The minimum atomic E-state index is -4.42. The highest BCUT2D eigenvalue weighted by Crippen LogP contribution is 2.33. The van der Waals surface area contributed by atoms with E-state index in [0.717, 1.165) is 23.4 Å². The van der Waals surface area contributed by atoms with E-state index in [2.05, 4.69) is 15.4 Å². The number of alkyl halides is 3. The van der Waals surface area contributed by atoms with Crippen LogP contribution in [0, 0.1) is 6.92 Å². The van der Waals surface area contributed by atoms with Gasteiger partial charge in [-0.1, -0.05) is 30.3 Å². The fourth-order valence-electron chi connectivity index (χ4n) is 2.99. The summed E-state index contributed by atoms with van der Waals surface area (Å²) in [5, 5.41) is 9.28. The van der Waals surface area contributed by atoms with Crippen molar-refractivity contribution in [3.8, 4) is 16.3 Å². The molecule has 4 aromatic rings. The number of amides is 1. The second-order valence-electron chi connectivity index (χ2n) is 6.89. The van der Waals surface area contributed by atoms with E-state index in [-0.39, 0.29) is 12.3 Å². The van der Waals surface area contributed by atoms with Crippen molar-refractivity contribution in [1.29, 1.82) is 0 Å². The number of thiazole rings is 1. The lowest BCUT2D eigenvalue weighted by molar-refractivity contribution is -0.137. The van der Waals surface area contributed by atoms with Crippen LogP contribution < -0.4 is 5.32 Å². The molecule has 0 saturated carbocycles. The monoisotopic (exact) mass is 442 g/mol. The number of halogens is 3. The van der Waals surface area contributed by atoms with Crippen molar-refractivity contribution in [2.24, 2.45) is 0 Å². The summed E-state index contributed by atoms with van der Waals surface area (Å²) in [4.78, 5) is 16.8. The van der Waals surface area contributed by atoms with Crippen LogP contribution in [0.5, 0.6) is 0 Å². The lowest BCUT2D eigenvalue weighted by Crippen LogP contribution is -2.15. The molecule has 1 N–H and O–H groups in total. The average molecular weight is 442 g/mol. The molecule has 0 aliphatic carbocycles. The molecular formula is C22H17F3N4OS. The Morgan fingerprint density at radius 2 is 1.90 bits per heavy atom. The lowest BCUT2D eigenvalue weighted by atomic mass is 10.1. The van der Waals surface area contributed by atoms with Crippen LogP contribution in [0.2, 0.25) is 0 Å². The number of anilines is 1. The molecule has 9 heteroatoms. The summed E-state index contributed by atoms with van der Waals surface area (Å²) in [7, 11) is 0. The van der Waals surface area contributed by atoms with Crippen LogP contribution in [-0.4, -0.2) is 20.7 Å². The number of benzene rings is 2. The Morgan fingerprint density at radius 3 is 2.65 bits per heavy atom. The number of hydrogen-bond acceptors (Lipinski definition) is 4. The molecule has 31 heavy (non-hydrogen) atoms. The van der Waals surface area contributed by atoms with Gasteiger partial charge >= 0.3 is 6.18 Å². The number of hydrogen-bond donors (Lipinski definition) is 1. The predicted octanol–water partition coefficient (Wildman–Crippen LogP) is 5.50. The van der Waals surface area contributed by atoms with Crippen LogP contribution in [-0.2, 0) is 17.4 Å². The molecule has 0 fully saturated rings. The maximum atomic E-state index is 12.9. The fraction of sp³-hybridized carbons (Fsp3) is 0.136. The van der Waals surface area contributed by atoms with Crippen molar-refractivity contribution >= 4 is 23.1 Å². The Hall–Kier alpha value is -3.46. The van der Waals surface area contributed by atoms with Crippen molar-refractivity contribution in [2.45, 2.75) is 19.5 Å². The quantitative estimate of drug-likeness (QED) is 0.444. The molecule has 0 aliphatic rings. The third-order valence-corrected chi connectivity index (χ3v) is 5.45. The summed E-state index contributed by atoms with van der Waals surface area (Å²) in [5.74, 6) is 0.143. The molecule has 2 aromatic carbocycles. The Balaban J connectivity index is 1.45. The maximum absolute atomic E-state index is 12.9. The summed E-state index contributed by atoms with van der Waals surface area (Å²) in [6.07, 6.45) is -2.61. The Kier molecular flexibility index (Phi) is 5.60. The first-order valence-electron chi connectivity index (χ1n) is 9.33. The van der Waals surface area contributed by atoms with Crippen LogP contribution >= 0.6 is 11.3 Å². The standard InChI is InChI=1S/C22H17F3N4OS/c1-14-12-29(18-8-3-2-4-9-18)28-20(14)27-19(30)11-17-13-31-21(26-17)15-6-5-7-16(10-15)22(23,24)25/h2-10,12-13H,11H2,1H3,(H,27,28,30). The Bertz CT molecular complexity index is 1210. The van der Waals surface area contributed by atoms with Crippen LogP contribution in [0.1, 0.15) is 16.8 Å². The second-order valence-corrected chi connectivity index (χ2v) is 7.75. The fourth-order valence-corrected chi connectivity index (χ4v) is 3.80. The van der Waals surface area contributed by atoms with E-state index in [4.69, 9.17) is 0 Å². The van der Waals surface area contributed by atoms with Gasteiger partial charge in [0.2, 0.25) is 5.91 Å². The largest absolute Gasteiger partial charge is 0.416 e. The third kappa shape index (κ3) is 4.83. The molecule has 0 unspecified atom stereocenters. The van der Waals surface area contributed by atoms with Crippen molar-refractivity contribution in [1.82, 2.24) is 14.8 Å². The predicted molar refractivity (Wildman–Crippen MR) is 113 cm³/mol. The highest BCUT2D eigenvalue weighted by atomic mass is 32.1. The molecule has 2 heterocycles. The van der Waals surface area contributed by atoms with Gasteiger partial charge in [-0.05, 0) is 31.2 Å². The molecule has 0 aliphatic heterocycles. The van der Waals surface area contributed by atoms with Gasteiger partial charge in [0, 0.05) is 22.7 Å². The molecule has 5 nitrogen and oxygen atoms in total. The van der Waals surface area contributed by atoms with E-state index in [0.29, 0.717) is 22.1 Å². The first-order valence-corrected chi connectivity index (χ1v) is 10.2. The molecule has 0 spiro atoms. The zero-order valence-electron chi connectivity index (χ0n) is 16.3. The average Bonchev–Trinajstić information content (AvgIpc) is 3.35. The molecule has 4 rings (SSSR count). The van der Waals surface area contributed by atoms with E-state index in [1.165, 1.54) is 17.4 Å². The number of aromatic nitrogens is 3. The summed E-state index contributed by atoms with van der Waals surface area (Å²) in [6, 6.07) is 14.5.